The first-order valence-electron chi connectivity index (χ1n) is 6.94. The maximum Gasteiger partial charge on any atom is 0.256 e. The van der Waals surface area contributed by atoms with E-state index in [1.165, 1.54) is 5.56 Å². The standard InChI is InChI=1S/C16H18N2O2S/c1-20-13-4-5-15(17)14(8-13)16(19)18(12-2-3-12)9-11-6-7-21-10-11/h4-8,10,12H,2-3,9,17H2,1H3. The molecule has 1 aromatic carbocycles. The van der Waals surface area contributed by atoms with Crippen LogP contribution in [-0.4, -0.2) is 24.0 Å². The van der Waals surface area contributed by atoms with Crippen molar-refractivity contribution < 1.29 is 9.53 Å². The summed E-state index contributed by atoms with van der Waals surface area (Å²) in [5.74, 6) is 0.638. The molecule has 0 saturated heterocycles. The number of carbonyl (C=O) groups is 1. The summed E-state index contributed by atoms with van der Waals surface area (Å²) in [6, 6.07) is 7.61. The van der Waals surface area contributed by atoms with Crippen molar-refractivity contribution in [2.45, 2.75) is 25.4 Å². The van der Waals surface area contributed by atoms with E-state index in [1.54, 1.807) is 36.6 Å². The minimum atomic E-state index is -0.0138. The summed E-state index contributed by atoms with van der Waals surface area (Å²) in [6.45, 7) is 0.643. The van der Waals surface area contributed by atoms with Crippen molar-refractivity contribution in [3.8, 4) is 5.75 Å². The van der Waals surface area contributed by atoms with E-state index in [0.29, 0.717) is 29.6 Å². The molecular formula is C16H18N2O2S. The van der Waals surface area contributed by atoms with Gasteiger partial charge in [0.2, 0.25) is 0 Å². The number of rotatable bonds is 5. The van der Waals surface area contributed by atoms with Crippen LogP contribution >= 0.6 is 11.3 Å². The van der Waals surface area contributed by atoms with E-state index in [4.69, 9.17) is 10.5 Å². The summed E-state index contributed by atoms with van der Waals surface area (Å²) in [7, 11) is 1.59. The number of hydrogen-bond donors (Lipinski definition) is 1. The smallest absolute Gasteiger partial charge is 0.256 e. The Morgan fingerprint density at radius 1 is 1.43 bits per heavy atom. The number of benzene rings is 1. The number of thiophene rings is 1. The van der Waals surface area contributed by atoms with Gasteiger partial charge in [0.25, 0.3) is 5.91 Å². The van der Waals surface area contributed by atoms with Crippen molar-refractivity contribution in [1.82, 2.24) is 4.90 Å². The zero-order chi connectivity index (χ0) is 14.8. The summed E-state index contributed by atoms with van der Waals surface area (Å²) < 4.78 is 5.20. The molecule has 3 rings (SSSR count). The maximum atomic E-state index is 12.8. The fourth-order valence-electron chi connectivity index (χ4n) is 2.33. The van der Waals surface area contributed by atoms with Gasteiger partial charge in [-0.1, -0.05) is 0 Å². The predicted octanol–water partition coefficient (Wildman–Crippen LogP) is 3.14. The van der Waals surface area contributed by atoms with E-state index in [0.717, 1.165) is 12.8 Å². The number of nitrogen functional groups attached to an aromatic ring is 1. The molecule has 1 fully saturated rings. The van der Waals surface area contributed by atoms with Crippen LogP contribution in [0.5, 0.6) is 5.75 Å². The molecule has 0 unspecified atom stereocenters. The molecule has 1 aromatic heterocycles. The lowest BCUT2D eigenvalue weighted by molar-refractivity contribution is 0.0731. The van der Waals surface area contributed by atoms with Gasteiger partial charge in [-0.15, -0.1) is 0 Å². The second kappa shape index (κ2) is 5.77. The fraction of sp³-hybridized carbons (Fsp3) is 0.312. The zero-order valence-electron chi connectivity index (χ0n) is 11.9. The van der Waals surface area contributed by atoms with Crippen LogP contribution in [0.25, 0.3) is 0 Å². The van der Waals surface area contributed by atoms with E-state index in [9.17, 15) is 4.79 Å². The molecule has 110 valence electrons. The Kier molecular flexibility index (Phi) is 3.84. The van der Waals surface area contributed by atoms with E-state index in [-0.39, 0.29) is 5.91 Å². The van der Waals surface area contributed by atoms with Gasteiger partial charge in [-0.3, -0.25) is 4.79 Å². The van der Waals surface area contributed by atoms with Crippen LogP contribution in [0.3, 0.4) is 0 Å². The van der Waals surface area contributed by atoms with Crippen molar-refractivity contribution in [1.29, 1.82) is 0 Å². The predicted molar refractivity (Wildman–Crippen MR) is 84.6 cm³/mol. The van der Waals surface area contributed by atoms with Gasteiger partial charge in [0.05, 0.1) is 12.7 Å². The molecule has 1 heterocycles. The summed E-state index contributed by atoms with van der Waals surface area (Å²) in [6.07, 6.45) is 2.14. The number of hydrogen-bond acceptors (Lipinski definition) is 4. The molecule has 0 bridgehead atoms. The van der Waals surface area contributed by atoms with E-state index in [1.807, 2.05) is 10.3 Å². The molecule has 2 aromatic rings. The van der Waals surface area contributed by atoms with Crippen molar-refractivity contribution in [3.05, 3.63) is 46.2 Å². The lowest BCUT2D eigenvalue weighted by Gasteiger charge is -2.23. The molecule has 21 heavy (non-hydrogen) atoms. The van der Waals surface area contributed by atoms with E-state index < -0.39 is 0 Å². The Morgan fingerprint density at radius 2 is 2.24 bits per heavy atom. The SMILES string of the molecule is COc1ccc(N)c(C(=O)N(Cc2ccsc2)C2CC2)c1. The Hall–Kier alpha value is -2.01. The van der Waals surface area contributed by atoms with Crippen LogP contribution in [0.4, 0.5) is 5.69 Å². The molecule has 0 radical (unpaired) electrons. The molecule has 5 heteroatoms. The third-order valence-corrected chi connectivity index (χ3v) is 4.40. The summed E-state index contributed by atoms with van der Waals surface area (Å²) in [5.41, 5.74) is 8.17. The summed E-state index contributed by atoms with van der Waals surface area (Å²) >= 11 is 1.65. The average Bonchev–Trinajstić information content (AvgIpc) is 3.21. The topological polar surface area (TPSA) is 55.6 Å². The van der Waals surface area contributed by atoms with Crippen LogP contribution in [0.15, 0.2) is 35.0 Å². The Morgan fingerprint density at radius 3 is 2.86 bits per heavy atom. The second-order valence-corrected chi connectivity index (χ2v) is 6.03. The molecule has 4 nitrogen and oxygen atoms in total. The number of anilines is 1. The highest BCUT2D eigenvalue weighted by Crippen LogP contribution is 2.32. The lowest BCUT2D eigenvalue weighted by atomic mass is 10.1. The van der Waals surface area contributed by atoms with Gasteiger partial charge in [0.15, 0.2) is 0 Å². The number of carbonyl (C=O) groups excluding carboxylic acids is 1. The van der Waals surface area contributed by atoms with Crippen molar-refractivity contribution in [2.75, 3.05) is 12.8 Å². The normalized spacial score (nSPS) is 14.0. The average molecular weight is 302 g/mol. The first kappa shape index (κ1) is 13.9. The maximum absolute atomic E-state index is 12.8. The van der Waals surface area contributed by atoms with Crippen LogP contribution in [-0.2, 0) is 6.54 Å². The van der Waals surface area contributed by atoms with E-state index >= 15 is 0 Å². The highest BCUT2D eigenvalue weighted by Gasteiger charge is 2.33. The van der Waals surface area contributed by atoms with Gasteiger partial charge in [0, 0.05) is 18.3 Å². The summed E-state index contributed by atoms with van der Waals surface area (Å²) in [5, 5.41) is 4.11. The zero-order valence-corrected chi connectivity index (χ0v) is 12.7. The van der Waals surface area contributed by atoms with Gasteiger partial charge in [-0.25, -0.2) is 0 Å². The quantitative estimate of drug-likeness (QED) is 0.863. The minimum Gasteiger partial charge on any atom is -0.497 e. The Labute approximate surface area is 128 Å². The molecule has 0 aliphatic heterocycles. The van der Waals surface area contributed by atoms with E-state index in [2.05, 4.69) is 11.4 Å². The van der Waals surface area contributed by atoms with Gasteiger partial charge >= 0.3 is 0 Å². The molecule has 1 saturated carbocycles. The van der Waals surface area contributed by atoms with Gasteiger partial charge in [-0.2, -0.15) is 11.3 Å². The van der Waals surface area contributed by atoms with Gasteiger partial charge in [-0.05, 0) is 53.4 Å². The number of nitrogens with two attached hydrogens (primary N) is 1. The molecule has 2 N–H and O–H groups in total. The lowest BCUT2D eigenvalue weighted by Crippen LogP contribution is -2.33. The molecular weight excluding hydrogens is 284 g/mol. The van der Waals surface area contributed by atoms with Crippen LogP contribution in [0, 0.1) is 0 Å². The highest BCUT2D eigenvalue weighted by atomic mass is 32.1. The first-order valence-corrected chi connectivity index (χ1v) is 7.89. The van der Waals surface area contributed by atoms with Crippen molar-refractivity contribution >= 4 is 22.9 Å². The number of nitrogens with zero attached hydrogens (tertiary/aromatic N) is 1. The number of methoxy groups -OCH3 is 1. The van der Waals surface area contributed by atoms with Crippen LogP contribution in [0.1, 0.15) is 28.8 Å². The fourth-order valence-corrected chi connectivity index (χ4v) is 2.99. The Bertz CT molecular complexity index is 636. The molecule has 0 spiro atoms. The summed E-state index contributed by atoms with van der Waals surface area (Å²) in [4.78, 5) is 14.8. The van der Waals surface area contributed by atoms with Crippen LogP contribution < -0.4 is 10.5 Å². The number of amides is 1. The van der Waals surface area contributed by atoms with Crippen molar-refractivity contribution in [2.24, 2.45) is 0 Å². The monoisotopic (exact) mass is 302 g/mol. The third kappa shape index (κ3) is 3.03. The molecule has 1 aliphatic rings. The number of ether oxygens (including phenoxy) is 1. The minimum absolute atomic E-state index is 0.0138. The molecule has 1 aliphatic carbocycles. The van der Waals surface area contributed by atoms with Crippen molar-refractivity contribution in [3.63, 3.8) is 0 Å². The molecule has 1 amide bonds. The van der Waals surface area contributed by atoms with Gasteiger partial charge < -0.3 is 15.4 Å². The highest BCUT2D eigenvalue weighted by molar-refractivity contribution is 7.07. The second-order valence-electron chi connectivity index (χ2n) is 5.25. The first-order chi connectivity index (χ1) is 10.2. The third-order valence-electron chi connectivity index (χ3n) is 3.67. The largest absolute Gasteiger partial charge is 0.497 e. The van der Waals surface area contributed by atoms with Crippen LogP contribution in [0.2, 0.25) is 0 Å². The Balaban J connectivity index is 1.87. The molecule has 0 atom stereocenters. The van der Waals surface area contributed by atoms with Gasteiger partial charge in [0.1, 0.15) is 5.75 Å².